The molecule has 1 amide bonds. The highest BCUT2D eigenvalue weighted by Crippen LogP contribution is 2.50. The van der Waals surface area contributed by atoms with Crippen molar-refractivity contribution in [3.05, 3.63) is 72.3 Å². The molecular weight excluding hydrogens is 571 g/mol. The van der Waals surface area contributed by atoms with Gasteiger partial charge in [0.2, 0.25) is 5.91 Å². The Morgan fingerprint density at radius 2 is 1.77 bits per heavy atom. The van der Waals surface area contributed by atoms with Gasteiger partial charge in [-0.15, -0.1) is 11.8 Å². The Morgan fingerprint density at radius 1 is 1.09 bits per heavy atom. The van der Waals surface area contributed by atoms with E-state index in [0.29, 0.717) is 13.1 Å². The normalized spacial score (nSPS) is 26.0. The molecule has 9 heteroatoms. The van der Waals surface area contributed by atoms with E-state index in [1.54, 1.807) is 12.1 Å². The first-order chi connectivity index (χ1) is 21.2. The molecule has 7 nitrogen and oxygen atoms in total. The van der Waals surface area contributed by atoms with Crippen LogP contribution in [-0.2, 0) is 4.79 Å². The Kier molecular flexibility index (Phi) is 7.83. The molecule has 3 fully saturated rings. The van der Waals surface area contributed by atoms with Crippen molar-refractivity contribution >= 4 is 29.2 Å². The number of aliphatic imine (C=N–C) groups is 1. The van der Waals surface area contributed by atoms with Crippen LogP contribution in [0.4, 0.5) is 10.1 Å². The lowest BCUT2D eigenvalue weighted by atomic mass is 9.93. The maximum Gasteiger partial charge on any atom is 0.246 e. The summed E-state index contributed by atoms with van der Waals surface area (Å²) in [7, 11) is 0. The topological polar surface area (TPSA) is 45.6 Å². The predicted octanol–water partition coefficient (Wildman–Crippen LogP) is 5.20. The summed E-state index contributed by atoms with van der Waals surface area (Å²) in [5.74, 6) is 2.39. The van der Waals surface area contributed by atoms with Crippen LogP contribution in [0, 0.1) is 12.7 Å². The molecule has 0 N–H and O–H groups in total. The number of carbonyl (C=O) groups excluding carboxylic acids is 1. The minimum Gasteiger partial charge on any atom is -0.352 e. The average molecular weight is 615 g/mol. The van der Waals surface area contributed by atoms with Crippen LogP contribution in [0.5, 0.6) is 0 Å². The number of rotatable bonds is 5. The summed E-state index contributed by atoms with van der Waals surface area (Å²) in [5.41, 5.74) is 5.63. The number of amides is 1. The summed E-state index contributed by atoms with van der Waals surface area (Å²) in [6, 6.07) is 10.3. The Balaban J connectivity index is 1.26. The third-order valence-electron chi connectivity index (χ3n) is 9.95. The van der Waals surface area contributed by atoms with E-state index >= 15 is 0 Å². The molecule has 232 valence electrons. The molecule has 0 spiro atoms. The molecule has 5 aliphatic rings. The van der Waals surface area contributed by atoms with E-state index in [1.807, 2.05) is 28.8 Å². The van der Waals surface area contributed by atoms with Gasteiger partial charge in [-0.1, -0.05) is 25.3 Å². The lowest BCUT2D eigenvalue weighted by molar-refractivity contribution is -0.132. The van der Waals surface area contributed by atoms with Crippen molar-refractivity contribution in [2.75, 3.05) is 56.5 Å². The van der Waals surface area contributed by atoms with Gasteiger partial charge in [0.1, 0.15) is 17.5 Å². The van der Waals surface area contributed by atoms with Crippen molar-refractivity contribution in [3.8, 4) is 11.1 Å². The molecule has 0 unspecified atom stereocenters. The molecule has 44 heavy (non-hydrogen) atoms. The number of aryl methyl sites for hydroxylation is 1. The average Bonchev–Trinajstić information content (AvgIpc) is 3.85. The number of amidine groups is 1. The van der Waals surface area contributed by atoms with Gasteiger partial charge in [-0.3, -0.25) is 14.6 Å². The molecule has 2 aromatic rings. The Bertz CT molecular complexity index is 1500. The van der Waals surface area contributed by atoms with Crippen LogP contribution in [0.1, 0.15) is 37.8 Å². The van der Waals surface area contributed by atoms with E-state index in [-0.39, 0.29) is 29.8 Å². The number of halogens is 1. The zero-order valence-electron chi connectivity index (χ0n) is 26.1. The number of benzene rings is 2. The Morgan fingerprint density at radius 3 is 2.41 bits per heavy atom. The molecule has 1 aliphatic carbocycles. The highest BCUT2D eigenvalue weighted by atomic mass is 32.2. The second kappa shape index (κ2) is 11.7. The first-order valence-electron chi connectivity index (χ1n) is 16.0. The van der Waals surface area contributed by atoms with E-state index in [9.17, 15) is 9.18 Å². The smallest absolute Gasteiger partial charge is 0.246 e. The Hall–Kier alpha value is -3.14. The molecular formula is C35H43FN6OS. The van der Waals surface area contributed by atoms with Gasteiger partial charge in [-0.05, 0) is 69.0 Å². The van der Waals surface area contributed by atoms with Crippen molar-refractivity contribution < 1.29 is 9.18 Å². The lowest BCUT2D eigenvalue weighted by Gasteiger charge is -2.49. The number of hydrogen-bond acceptors (Lipinski definition) is 7. The van der Waals surface area contributed by atoms with Crippen LogP contribution < -0.4 is 4.90 Å². The number of carbonyl (C=O) groups is 1. The maximum absolute atomic E-state index is 14.0. The van der Waals surface area contributed by atoms with Gasteiger partial charge in [-0.2, -0.15) is 0 Å². The summed E-state index contributed by atoms with van der Waals surface area (Å²) in [5, 5.41) is 0. The number of nitrogens with zero attached hydrogens (tertiary/aromatic N) is 6. The SMILES string of the molecule is C=CC(=O)N1[C@H](C)CN(C2=NC(=C)N3c4c2cc(C)c(-c2ccc(F)cc2)c4SC[C@@H]3CN2CCN(C3CC3)CC2)C[C@@H]1C. The van der Waals surface area contributed by atoms with Crippen molar-refractivity contribution in [1.29, 1.82) is 0 Å². The monoisotopic (exact) mass is 614 g/mol. The fourth-order valence-electron chi connectivity index (χ4n) is 7.77. The molecule has 2 aromatic carbocycles. The van der Waals surface area contributed by atoms with Gasteiger partial charge in [0, 0.05) is 85.7 Å². The highest BCUT2D eigenvalue weighted by molar-refractivity contribution is 7.99. The molecule has 4 aliphatic heterocycles. The summed E-state index contributed by atoms with van der Waals surface area (Å²) in [6.07, 6.45) is 4.14. The summed E-state index contributed by atoms with van der Waals surface area (Å²) >= 11 is 1.92. The van der Waals surface area contributed by atoms with Crippen LogP contribution in [0.2, 0.25) is 0 Å². The second-order valence-corrected chi connectivity index (χ2v) is 14.1. The van der Waals surface area contributed by atoms with E-state index in [1.165, 1.54) is 29.5 Å². The van der Waals surface area contributed by atoms with Crippen LogP contribution >= 0.6 is 11.8 Å². The fourth-order valence-corrected chi connectivity index (χ4v) is 9.16. The van der Waals surface area contributed by atoms with E-state index in [4.69, 9.17) is 4.99 Å². The number of piperazine rings is 2. The molecule has 7 rings (SSSR count). The summed E-state index contributed by atoms with van der Waals surface area (Å²) in [4.78, 5) is 31.1. The first-order valence-corrected chi connectivity index (χ1v) is 17.0. The molecule has 2 saturated heterocycles. The third-order valence-corrected chi connectivity index (χ3v) is 11.2. The first kappa shape index (κ1) is 29.6. The second-order valence-electron chi connectivity index (χ2n) is 13.1. The van der Waals surface area contributed by atoms with Gasteiger partial charge < -0.3 is 14.7 Å². The molecule has 1 saturated carbocycles. The zero-order chi connectivity index (χ0) is 30.7. The van der Waals surface area contributed by atoms with E-state index in [0.717, 1.165) is 78.4 Å². The fraction of sp³-hybridized carbons (Fsp3) is 0.486. The van der Waals surface area contributed by atoms with Gasteiger partial charge in [0.15, 0.2) is 0 Å². The Labute approximate surface area is 265 Å². The van der Waals surface area contributed by atoms with Gasteiger partial charge in [0.25, 0.3) is 0 Å². The number of thioether (sulfide) groups is 1. The van der Waals surface area contributed by atoms with Crippen LogP contribution in [0.3, 0.4) is 0 Å². The van der Waals surface area contributed by atoms with E-state index in [2.05, 4.69) is 59.6 Å². The molecule has 4 heterocycles. The van der Waals surface area contributed by atoms with Crippen LogP contribution in [0.25, 0.3) is 11.1 Å². The zero-order valence-corrected chi connectivity index (χ0v) is 27.0. The quantitative estimate of drug-likeness (QED) is 0.432. The van der Waals surface area contributed by atoms with Crippen molar-refractivity contribution in [2.24, 2.45) is 4.99 Å². The molecule has 3 atom stereocenters. The number of anilines is 1. The molecule has 0 radical (unpaired) electrons. The standard InChI is InChI=1S/C35H43FN6OS/c1-6-31(43)41-23(3)18-40(19-24(41)4)35-30-17-22(2)32(26-7-9-27(36)10-8-26)34-33(30)42(25(5)37-35)29(21-44-34)20-38-13-15-39(16-14-38)28-11-12-28/h6-10,17,23-24,28-29H,1,5,11-16,18-21H2,2-4H3/t23-,24+,29-/m0/s1. The molecule has 0 aromatic heterocycles. The van der Waals surface area contributed by atoms with Crippen molar-refractivity contribution in [3.63, 3.8) is 0 Å². The van der Waals surface area contributed by atoms with Crippen molar-refractivity contribution in [1.82, 2.24) is 19.6 Å². The largest absolute Gasteiger partial charge is 0.352 e. The van der Waals surface area contributed by atoms with Crippen LogP contribution in [0.15, 0.2) is 65.3 Å². The van der Waals surface area contributed by atoms with Crippen molar-refractivity contribution in [2.45, 2.75) is 62.7 Å². The molecule has 0 bridgehead atoms. The van der Waals surface area contributed by atoms with Gasteiger partial charge in [-0.25, -0.2) is 9.38 Å². The summed E-state index contributed by atoms with van der Waals surface area (Å²) in [6.45, 7) is 21.5. The highest BCUT2D eigenvalue weighted by Gasteiger charge is 2.42. The lowest BCUT2D eigenvalue weighted by Crippen LogP contribution is -2.60. The minimum atomic E-state index is -0.228. The van der Waals surface area contributed by atoms with E-state index < -0.39 is 0 Å². The predicted molar refractivity (Wildman–Crippen MR) is 178 cm³/mol. The number of hydrogen-bond donors (Lipinski definition) is 0. The van der Waals surface area contributed by atoms with Gasteiger partial charge in [0.05, 0.1) is 11.7 Å². The third kappa shape index (κ3) is 5.26. The summed E-state index contributed by atoms with van der Waals surface area (Å²) < 4.78 is 14.0. The van der Waals surface area contributed by atoms with Gasteiger partial charge >= 0.3 is 0 Å². The van der Waals surface area contributed by atoms with Crippen LogP contribution in [-0.4, -0.2) is 107 Å². The maximum atomic E-state index is 14.0. The minimum absolute atomic E-state index is 0.0186.